The van der Waals surface area contributed by atoms with E-state index in [1.807, 2.05) is 39.8 Å². The molecule has 1 aromatic heterocycles. The zero-order valence-electron chi connectivity index (χ0n) is 39.0. The highest BCUT2D eigenvalue weighted by atomic mass is 32.1. The molecule has 1 aliphatic heterocycles. The molecule has 58 heavy (non-hydrogen) atoms. The van der Waals surface area contributed by atoms with Gasteiger partial charge in [0, 0.05) is 42.2 Å². The number of thiophene rings is 1. The lowest BCUT2D eigenvalue weighted by atomic mass is 10.0. The first-order chi connectivity index (χ1) is 28.3. The van der Waals surface area contributed by atoms with E-state index in [1.54, 1.807) is 11.3 Å². The average Bonchev–Trinajstić information content (AvgIpc) is 3.56. The summed E-state index contributed by atoms with van der Waals surface area (Å²) in [7, 11) is 4.01. The Labute approximate surface area is 363 Å². The number of amides is 2. The summed E-state index contributed by atoms with van der Waals surface area (Å²) in [6.07, 6.45) is 47.3. The number of rotatable bonds is 33. The number of hydrogen-bond acceptors (Lipinski definition) is 5. The van der Waals surface area contributed by atoms with Crippen LogP contribution in [0.4, 0.5) is 0 Å². The van der Waals surface area contributed by atoms with E-state index in [2.05, 4.69) is 60.5 Å². The number of carbonyl (C=O) groups excluding carboxylic acids is 3. The van der Waals surface area contributed by atoms with Crippen LogP contribution in [0.5, 0.6) is 0 Å². The topological polar surface area (TPSA) is 69.7 Å². The van der Waals surface area contributed by atoms with Crippen LogP contribution in [0.3, 0.4) is 0 Å². The molecule has 0 saturated carbocycles. The molecule has 0 radical (unpaired) electrons. The number of carbonyl (C=O) groups is 3. The van der Waals surface area contributed by atoms with Crippen LogP contribution >= 0.6 is 11.3 Å². The second kappa shape index (κ2) is 41.2. The molecule has 1 N–H and O–H groups in total. The number of nitrogens with zero attached hydrogens (tertiary/aromatic N) is 2. The number of allylic oxidation sites excluding steroid dienone is 6. The quantitative estimate of drug-likeness (QED) is 0.0435. The monoisotopic (exact) mass is 826 g/mol. The van der Waals surface area contributed by atoms with Crippen molar-refractivity contribution < 1.29 is 14.4 Å². The first kappa shape index (κ1) is 55.5. The summed E-state index contributed by atoms with van der Waals surface area (Å²) in [6, 6.07) is 0. The molecular formula is C51H91N3O3S. The molecule has 7 heteroatoms. The average molecular weight is 826 g/mol. The SMILES string of the molecule is CC.CCCCC/C=C\C/C=C\CCCCCCCC=O.CCCCCCCC/C=C\CCCCCCCC(=O)N1CCc2c(sc(C)c2C(=O)NCCN(C)C)C1. The van der Waals surface area contributed by atoms with E-state index in [4.69, 9.17) is 0 Å². The van der Waals surface area contributed by atoms with Gasteiger partial charge in [0.2, 0.25) is 5.91 Å². The van der Waals surface area contributed by atoms with E-state index in [0.29, 0.717) is 19.5 Å². The fourth-order valence-electron chi connectivity index (χ4n) is 7.08. The van der Waals surface area contributed by atoms with Gasteiger partial charge in [-0.05, 0) is 104 Å². The standard InChI is InChI=1S/C31H53N3O2S.C18H32O.C2H6/c1-5-6-7-8-9-10-11-12-13-14-15-16-17-18-19-20-29(35)34-23-21-27-28(25-34)37-26(2)30(27)31(36)32-22-24-33(3)4;1-2-3-4-5-6-7-8-9-10-11-12-13-14-15-16-17-18-19;1-2/h12-13H,5-11,14-25H2,1-4H3,(H,32,36);6-7,9-10,18H,2-5,8,11-17H2,1H3;1-2H3/b13-12-;7-6-,10-9-;. The summed E-state index contributed by atoms with van der Waals surface area (Å²) in [5.41, 5.74) is 2.01. The smallest absolute Gasteiger partial charge is 0.252 e. The molecule has 1 aromatic rings. The molecule has 1 aliphatic rings. The number of hydrogen-bond donors (Lipinski definition) is 1. The molecule has 0 atom stereocenters. The molecule has 2 amide bonds. The van der Waals surface area contributed by atoms with E-state index in [0.717, 1.165) is 73.9 Å². The highest BCUT2D eigenvalue weighted by Gasteiger charge is 2.28. The fourth-order valence-corrected chi connectivity index (χ4v) is 8.31. The molecule has 0 aromatic carbocycles. The summed E-state index contributed by atoms with van der Waals surface area (Å²) in [4.78, 5) is 42.0. The van der Waals surface area contributed by atoms with Gasteiger partial charge in [-0.3, -0.25) is 9.59 Å². The van der Waals surface area contributed by atoms with Crippen LogP contribution in [0, 0.1) is 6.92 Å². The highest BCUT2D eigenvalue weighted by Crippen LogP contribution is 2.33. The van der Waals surface area contributed by atoms with Crippen LogP contribution in [0.15, 0.2) is 36.5 Å². The normalized spacial score (nSPS) is 12.5. The molecule has 0 saturated heterocycles. The third-order valence-electron chi connectivity index (χ3n) is 10.6. The number of aldehydes is 1. The first-order valence-corrected chi connectivity index (χ1v) is 24.9. The zero-order valence-corrected chi connectivity index (χ0v) is 39.8. The van der Waals surface area contributed by atoms with Gasteiger partial charge in [0.15, 0.2) is 0 Å². The Kier molecular flexibility index (Phi) is 39.4. The number of likely N-dealkylation sites (N-methyl/N-ethyl adjacent to an activating group) is 1. The van der Waals surface area contributed by atoms with Gasteiger partial charge in [-0.2, -0.15) is 0 Å². The van der Waals surface area contributed by atoms with Crippen molar-refractivity contribution in [3.05, 3.63) is 57.3 Å². The zero-order chi connectivity index (χ0) is 42.9. The van der Waals surface area contributed by atoms with E-state index < -0.39 is 0 Å². The van der Waals surface area contributed by atoms with Crippen molar-refractivity contribution in [2.75, 3.05) is 33.7 Å². The van der Waals surface area contributed by atoms with Crippen molar-refractivity contribution in [2.24, 2.45) is 0 Å². The van der Waals surface area contributed by atoms with Crippen LogP contribution in [0.1, 0.15) is 220 Å². The predicted molar refractivity (Wildman–Crippen MR) is 255 cm³/mol. The Bertz CT molecular complexity index is 1220. The summed E-state index contributed by atoms with van der Waals surface area (Å²) in [6.45, 7) is 13.4. The molecule has 6 nitrogen and oxygen atoms in total. The molecule has 0 bridgehead atoms. The minimum Gasteiger partial charge on any atom is -0.351 e. The van der Waals surface area contributed by atoms with Gasteiger partial charge < -0.3 is 19.9 Å². The Balaban J connectivity index is 0.00000130. The molecular weight excluding hydrogens is 735 g/mol. The van der Waals surface area contributed by atoms with Crippen molar-refractivity contribution in [3.8, 4) is 0 Å². The first-order valence-electron chi connectivity index (χ1n) is 24.1. The van der Waals surface area contributed by atoms with E-state index in [1.165, 1.54) is 133 Å². The molecule has 0 fully saturated rings. The van der Waals surface area contributed by atoms with Crippen molar-refractivity contribution in [1.29, 1.82) is 0 Å². The molecule has 2 heterocycles. The Morgan fingerprint density at radius 3 is 1.67 bits per heavy atom. The molecule has 0 unspecified atom stereocenters. The van der Waals surface area contributed by atoms with Crippen molar-refractivity contribution >= 4 is 29.4 Å². The van der Waals surface area contributed by atoms with Crippen LogP contribution in [0.2, 0.25) is 0 Å². The van der Waals surface area contributed by atoms with Gasteiger partial charge in [0.05, 0.1) is 12.1 Å². The predicted octanol–water partition coefficient (Wildman–Crippen LogP) is 14.3. The van der Waals surface area contributed by atoms with E-state index in [9.17, 15) is 14.4 Å². The van der Waals surface area contributed by atoms with Gasteiger partial charge in [0.1, 0.15) is 6.29 Å². The molecule has 0 spiro atoms. The molecule has 334 valence electrons. The minimum absolute atomic E-state index is 0.0323. The summed E-state index contributed by atoms with van der Waals surface area (Å²) < 4.78 is 0. The number of unbranched alkanes of at least 4 members (excludes halogenated alkanes) is 20. The third-order valence-corrected chi connectivity index (χ3v) is 11.7. The summed E-state index contributed by atoms with van der Waals surface area (Å²) >= 11 is 1.68. The Morgan fingerprint density at radius 1 is 0.672 bits per heavy atom. The second-order valence-corrected chi connectivity index (χ2v) is 17.4. The third kappa shape index (κ3) is 30.5. The van der Waals surface area contributed by atoms with Crippen LogP contribution in [-0.2, 0) is 22.6 Å². The maximum absolute atomic E-state index is 12.8. The van der Waals surface area contributed by atoms with Crippen molar-refractivity contribution in [2.45, 2.75) is 215 Å². The summed E-state index contributed by atoms with van der Waals surface area (Å²) in [5, 5.41) is 3.05. The van der Waals surface area contributed by atoms with Gasteiger partial charge in [-0.15, -0.1) is 11.3 Å². The largest absolute Gasteiger partial charge is 0.351 e. The van der Waals surface area contributed by atoms with Gasteiger partial charge >= 0.3 is 0 Å². The lowest BCUT2D eigenvalue weighted by molar-refractivity contribution is -0.132. The second-order valence-electron chi connectivity index (χ2n) is 16.1. The highest BCUT2D eigenvalue weighted by molar-refractivity contribution is 7.12. The van der Waals surface area contributed by atoms with Crippen molar-refractivity contribution in [3.63, 3.8) is 0 Å². The lowest BCUT2D eigenvalue weighted by Gasteiger charge is -2.27. The van der Waals surface area contributed by atoms with Crippen LogP contribution < -0.4 is 5.32 Å². The van der Waals surface area contributed by atoms with Crippen LogP contribution in [0.25, 0.3) is 0 Å². The van der Waals surface area contributed by atoms with Gasteiger partial charge in [-0.25, -0.2) is 0 Å². The Morgan fingerprint density at radius 2 is 1.14 bits per heavy atom. The Hall–Kier alpha value is -2.51. The lowest BCUT2D eigenvalue weighted by Crippen LogP contribution is -2.36. The number of aryl methyl sites for hydroxylation is 1. The van der Waals surface area contributed by atoms with E-state index in [-0.39, 0.29) is 11.8 Å². The van der Waals surface area contributed by atoms with Gasteiger partial charge in [-0.1, -0.05) is 148 Å². The van der Waals surface area contributed by atoms with Crippen LogP contribution in [-0.4, -0.2) is 61.6 Å². The summed E-state index contributed by atoms with van der Waals surface area (Å²) in [5.74, 6) is 0.302. The number of nitrogens with one attached hydrogen (secondary N) is 1. The van der Waals surface area contributed by atoms with Crippen molar-refractivity contribution in [1.82, 2.24) is 15.1 Å². The maximum atomic E-state index is 12.8. The molecule has 0 aliphatic carbocycles. The van der Waals surface area contributed by atoms with E-state index >= 15 is 0 Å². The maximum Gasteiger partial charge on any atom is 0.252 e. The van der Waals surface area contributed by atoms with Gasteiger partial charge in [0.25, 0.3) is 5.91 Å². The fraction of sp³-hybridized carbons (Fsp3) is 0.745. The molecule has 2 rings (SSSR count). The number of fused-ring (bicyclic) bond motifs is 1. The minimum atomic E-state index is 0.0323.